The van der Waals surface area contributed by atoms with Crippen molar-refractivity contribution in [2.45, 2.75) is 64.9 Å². The molecule has 1 unspecified atom stereocenters. The number of ether oxygens (including phenoxy) is 1. The fourth-order valence-corrected chi connectivity index (χ4v) is 6.96. The predicted octanol–water partition coefficient (Wildman–Crippen LogP) is 5.03. The monoisotopic (exact) mass is 343 g/mol. The average Bonchev–Trinajstić information content (AvgIpc) is 2.88. The minimum atomic E-state index is -0.0147. The molecule has 2 heterocycles. The van der Waals surface area contributed by atoms with Crippen LogP contribution in [0.25, 0.3) is 10.4 Å². The summed E-state index contributed by atoms with van der Waals surface area (Å²) < 4.78 is 5.58. The van der Waals surface area contributed by atoms with E-state index in [1.165, 1.54) is 5.57 Å². The Kier molecular flexibility index (Phi) is 3.91. The molecule has 5 heteroatoms. The van der Waals surface area contributed by atoms with E-state index in [9.17, 15) is 4.79 Å². The van der Waals surface area contributed by atoms with Gasteiger partial charge in [-0.2, -0.15) is 0 Å². The van der Waals surface area contributed by atoms with Gasteiger partial charge in [-0.05, 0) is 79.1 Å². The van der Waals surface area contributed by atoms with E-state index in [-0.39, 0.29) is 28.8 Å². The molecule has 3 aliphatic carbocycles. The number of carbonyl (C=O) groups excluding carboxylic acids is 1. The van der Waals surface area contributed by atoms with Crippen molar-refractivity contribution < 1.29 is 9.53 Å². The number of hydrogen-bond acceptors (Lipinski definition) is 3. The summed E-state index contributed by atoms with van der Waals surface area (Å²) in [6, 6.07) is 0. The van der Waals surface area contributed by atoms with Gasteiger partial charge in [0, 0.05) is 11.5 Å². The van der Waals surface area contributed by atoms with Crippen molar-refractivity contribution in [3.8, 4) is 0 Å². The Hall–Kier alpha value is -1.48. The SMILES string of the molecule is C=C1CC[C@H]2[C@H](CN=[N+]=[N-])[C@@H]([C@@]3(C)CC4CC[C@@H]3C(=O)O4)CC[C@]12C. The highest BCUT2D eigenvalue weighted by molar-refractivity contribution is 5.75. The molecule has 5 fully saturated rings. The molecule has 3 saturated carbocycles. The van der Waals surface area contributed by atoms with Crippen LogP contribution >= 0.6 is 0 Å². The molecule has 2 aliphatic heterocycles. The molecule has 0 aromatic carbocycles. The van der Waals surface area contributed by atoms with Crippen LogP contribution in [0, 0.1) is 34.5 Å². The first-order chi connectivity index (χ1) is 11.9. The second-order valence-electron chi connectivity index (χ2n) is 9.29. The van der Waals surface area contributed by atoms with Gasteiger partial charge in [-0.25, -0.2) is 0 Å². The predicted molar refractivity (Wildman–Crippen MR) is 95.5 cm³/mol. The lowest BCUT2D eigenvalue weighted by Crippen LogP contribution is -2.57. The summed E-state index contributed by atoms with van der Waals surface area (Å²) in [4.78, 5) is 15.5. The Balaban J connectivity index is 1.69. The molecule has 0 spiro atoms. The van der Waals surface area contributed by atoms with Crippen molar-refractivity contribution >= 4 is 5.97 Å². The Morgan fingerprint density at radius 1 is 1.28 bits per heavy atom. The van der Waals surface area contributed by atoms with E-state index in [4.69, 9.17) is 10.3 Å². The summed E-state index contributed by atoms with van der Waals surface area (Å²) in [5.74, 6) is 1.34. The summed E-state index contributed by atoms with van der Waals surface area (Å²) in [6.45, 7) is 9.57. The van der Waals surface area contributed by atoms with Gasteiger partial charge in [0.15, 0.2) is 0 Å². The van der Waals surface area contributed by atoms with Gasteiger partial charge in [0.25, 0.3) is 0 Å². The number of nitrogens with zero attached hydrogens (tertiary/aromatic N) is 3. The largest absolute Gasteiger partial charge is 0.462 e. The zero-order valence-electron chi connectivity index (χ0n) is 15.4. The third-order valence-electron chi connectivity index (χ3n) is 8.40. The first-order valence-electron chi connectivity index (χ1n) is 9.80. The van der Waals surface area contributed by atoms with Crippen LogP contribution in [0.4, 0.5) is 0 Å². The summed E-state index contributed by atoms with van der Waals surface area (Å²) in [5, 5.41) is 4.00. The van der Waals surface area contributed by atoms with Gasteiger partial charge >= 0.3 is 5.97 Å². The third kappa shape index (κ3) is 2.35. The quantitative estimate of drug-likeness (QED) is 0.237. The van der Waals surface area contributed by atoms with Crippen LogP contribution in [-0.2, 0) is 9.53 Å². The molecule has 0 radical (unpaired) electrons. The molecule has 5 aliphatic rings. The van der Waals surface area contributed by atoms with Gasteiger partial charge in [-0.15, -0.1) is 0 Å². The summed E-state index contributed by atoms with van der Waals surface area (Å²) in [5.41, 5.74) is 10.5. The number of allylic oxidation sites excluding steroid dienone is 1. The highest BCUT2D eigenvalue weighted by atomic mass is 16.5. The Morgan fingerprint density at radius 2 is 2.08 bits per heavy atom. The molecule has 7 atom stereocenters. The van der Waals surface area contributed by atoms with Gasteiger partial charge in [0.05, 0.1) is 5.92 Å². The van der Waals surface area contributed by atoms with E-state index in [0.29, 0.717) is 24.3 Å². The maximum absolute atomic E-state index is 12.5. The van der Waals surface area contributed by atoms with E-state index in [1.807, 2.05) is 0 Å². The number of carbonyl (C=O) groups is 1. The number of azide groups is 1. The summed E-state index contributed by atoms with van der Waals surface area (Å²) in [6.07, 6.45) is 7.52. The second-order valence-corrected chi connectivity index (χ2v) is 9.29. The molecule has 5 rings (SSSR count). The lowest BCUT2D eigenvalue weighted by molar-refractivity contribution is -0.196. The first-order valence-corrected chi connectivity index (χ1v) is 9.80. The maximum atomic E-state index is 12.5. The summed E-state index contributed by atoms with van der Waals surface area (Å²) in [7, 11) is 0. The standard InChI is InChI=1S/C20H29N3O2/c1-12-4-6-15-14(11-22-23-21)16(8-9-19(12,15)2)20(3)10-13-5-7-17(20)18(24)25-13/h13-17H,1,4-11H2,2-3H3/t13?,14-,15-,16-,17+,19+,20+/m0/s1. The zero-order valence-corrected chi connectivity index (χ0v) is 15.4. The Bertz CT molecular complexity index is 655. The minimum absolute atomic E-state index is 0.0108. The van der Waals surface area contributed by atoms with Crippen molar-refractivity contribution in [2.24, 2.45) is 39.6 Å². The maximum Gasteiger partial charge on any atom is 0.309 e. The molecule has 2 bridgehead atoms. The lowest BCUT2D eigenvalue weighted by atomic mass is 9.48. The van der Waals surface area contributed by atoms with Crippen LogP contribution in [0.1, 0.15) is 58.8 Å². The van der Waals surface area contributed by atoms with Gasteiger partial charge in [0.2, 0.25) is 0 Å². The van der Waals surface area contributed by atoms with Crippen LogP contribution in [0.15, 0.2) is 17.3 Å². The van der Waals surface area contributed by atoms with Gasteiger partial charge in [-0.1, -0.05) is 31.1 Å². The Labute approximate surface area is 149 Å². The molecule has 0 aromatic heterocycles. The van der Waals surface area contributed by atoms with Crippen molar-refractivity contribution in [1.82, 2.24) is 0 Å². The molecule has 0 amide bonds. The first kappa shape index (κ1) is 17.0. The van der Waals surface area contributed by atoms with Crippen LogP contribution in [0.5, 0.6) is 0 Å². The normalized spacial score (nSPS) is 48.6. The fourth-order valence-electron chi connectivity index (χ4n) is 6.96. The van der Waals surface area contributed by atoms with E-state index in [0.717, 1.165) is 44.9 Å². The molecule has 2 saturated heterocycles. The molecular formula is C20H29N3O2. The zero-order chi connectivity index (χ0) is 17.8. The molecule has 136 valence electrons. The Morgan fingerprint density at radius 3 is 2.76 bits per heavy atom. The van der Waals surface area contributed by atoms with E-state index in [1.54, 1.807) is 0 Å². The highest BCUT2D eigenvalue weighted by Crippen LogP contribution is 2.64. The number of esters is 1. The topological polar surface area (TPSA) is 75.1 Å². The molecule has 0 aromatic rings. The van der Waals surface area contributed by atoms with Crippen LogP contribution in [0.2, 0.25) is 0 Å². The van der Waals surface area contributed by atoms with Crippen LogP contribution in [-0.4, -0.2) is 18.6 Å². The number of rotatable bonds is 3. The molecule has 5 nitrogen and oxygen atoms in total. The lowest BCUT2D eigenvalue weighted by Gasteiger charge is -2.58. The molecular weight excluding hydrogens is 314 g/mol. The second kappa shape index (κ2) is 5.77. The number of hydrogen-bond donors (Lipinski definition) is 0. The van der Waals surface area contributed by atoms with Crippen molar-refractivity contribution in [3.05, 3.63) is 22.6 Å². The minimum Gasteiger partial charge on any atom is -0.462 e. The third-order valence-corrected chi connectivity index (χ3v) is 8.40. The summed E-state index contributed by atoms with van der Waals surface area (Å²) >= 11 is 0. The van der Waals surface area contributed by atoms with Gasteiger partial charge in [-0.3, -0.25) is 4.79 Å². The van der Waals surface area contributed by atoms with E-state index >= 15 is 0 Å². The number of fused-ring (bicyclic) bond motifs is 4. The van der Waals surface area contributed by atoms with Crippen molar-refractivity contribution in [1.29, 1.82) is 0 Å². The molecule has 25 heavy (non-hydrogen) atoms. The van der Waals surface area contributed by atoms with E-state index < -0.39 is 0 Å². The van der Waals surface area contributed by atoms with E-state index in [2.05, 4.69) is 30.5 Å². The van der Waals surface area contributed by atoms with Crippen LogP contribution in [0.3, 0.4) is 0 Å². The molecule has 0 N–H and O–H groups in total. The fraction of sp³-hybridized carbons (Fsp3) is 0.850. The average molecular weight is 343 g/mol. The smallest absolute Gasteiger partial charge is 0.309 e. The van der Waals surface area contributed by atoms with Gasteiger partial charge in [0.1, 0.15) is 6.10 Å². The van der Waals surface area contributed by atoms with Crippen molar-refractivity contribution in [2.75, 3.05) is 6.54 Å². The van der Waals surface area contributed by atoms with Crippen LogP contribution < -0.4 is 0 Å². The highest BCUT2D eigenvalue weighted by Gasteiger charge is 2.60. The van der Waals surface area contributed by atoms with Crippen molar-refractivity contribution in [3.63, 3.8) is 0 Å². The van der Waals surface area contributed by atoms with Gasteiger partial charge < -0.3 is 4.74 Å².